The topological polar surface area (TPSA) is 61.4 Å². The second-order valence-corrected chi connectivity index (χ2v) is 6.70. The molecule has 0 N–H and O–H groups in total. The highest BCUT2D eigenvalue weighted by Gasteiger charge is 2.27. The molecule has 7 heteroatoms. The molecule has 1 aliphatic carbocycles. The van der Waals surface area contributed by atoms with Gasteiger partial charge >= 0.3 is 0 Å². The number of hydrogen-bond donors (Lipinski definition) is 0. The molecule has 6 nitrogen and oxygen atoms in total. The second-order valence-electron chi connectivity index (χ2n) is 5.39. The third-order valence-electron chi connectivity index (χ3n) is 3.71. The van der Waals surface area contributed by atoms with E-state index in [0.29, 0.717) is 6.04 Å². The van der Waals surface area contributed by atoms with Crippen molar-refractivity contribution >= 4 is 11.8 Å². The lowest BCUT2D eigenvalue weighted by Gasteiger charge is -2.12. The molecule has 112 valence electrons. The third kappa shape index (κ3) is 2.52. The zero-order chi connectivity index (χ0) is 14.9. The minimum Gasteiger partial charge on any atom is -0.323 e. The van der Waals surface area contributed by atoms with Crippen LogP contribution in [0.4, 0.5) is 0 Å². The number of para-hydroxylation sites is 1. The Hall–Kier alpha value is -2.15. The van der Waals surface area contributed by atoms with Gasteiger partial charge in [0.15, 0.2) is 11.0 Å². The average Bonchev–Trinajstić information content (AvgIpc) is 3.09. The van der Waals surface area contributed by atoms with Gasteiger partial charge in [-0.05, 0) is 42.3 Å². The molecule has 0 saturated heterocycles. The molecule has 0 unspecified atom stereocenters. The van der Waals surface area contributed by atoms with Gasteiger partial charge < -0.3 is 4.57 Å². The van der Waals surface area contributed by atoms with Crippen LogP contribution in [0.5, 0.6) is 0 Å². The molecule has 1 aliphatic rings. The smallest absolute Gasteiger partial charge is 0.169 e. The Balaban J connectivity index is 1.60. The fourth-order valence-corrected chi connectivity index (χ4v) is 3.45. The fourth-order valence-electron chi connectivity index (χ4n) is 2.43. The summed E-state index contributed by atoms with van der Waals surface area (Å²) in [5.74, 6) is 0.835. The SMILES string of the molecule is C[C@@H](Sc1nccn1C1CC1)c1nnnn1-c1ccccc1. The lowest BCUT2D eigenvalue weighted by Crippen LogP contribution is -2.06. The van der Waals surface area contributed by atoms with E-state index in [2.05, 4.69) is 38.2 Å². The van der Waals surface area contributed by atoms with E-state index >= 15 is 0 Å². The van der Waals surface area contributed by atoms with Gasteiger partial charge in [0.05, 0.1) is 10.9 Å². The van der Waals surface area contributed by atoms with Crippen molar-refractivity contribution < 1.29 is 0 Å². The van der Waals surface area contributed by atoms with Gasteiger partial charge in [-0.15, -0.1) is 5.10 Å². The van der Waals surface area contributed by atoms with Gasteiger partial charge in [0.2, 0.25) is 0 Å². The van der Waals surface area contributed by atoms with E-state index in [0.717, 1.165) is 16.7 Å². The number of benzene rings is 1. The van der Waals surface area contributed by atoms with Gasteiger partial charge in [0.25, 0.3) is 0 Å². The normalized spacial score (nSPS) is 15.9. The molecule has 2 aromatic heterocycles. The molecule has 0 spiro atoms. The summed E-state index contributed by atoms with van der Waals surface area (Å²) in [6, 6.07) is 10.6. The van der Waals surface area contributed by atoms with Crippen LogP contribution in [0.25, 0.3) is 5.69 Å². The first-order valence-electron chi connectivity index (χ1n) is 7.36. The standard InChI is InChI=1S/C15H16N6S/c1-11(22-15-16-9-10-20(15)12-7-8-12)14-17-18-19-21(14)13-5-3-2-4-6-13/h2-6,9-12H,7-8H2,1H3/t11-/m1/s1. The zero-order valence-corrected chi connectivity index (χ0v) is 13.0. The molecule has 0 bridgehead atoms. The van der Waals surface area contributed by atoms with E-state index in [4.69, 9.17) is 0 Å². The van der Waals surface area contributed by atoms with E-state index in [1.165, 1.54) is 12.8 Å². The predicted molar refractivity (Wildman–Crippen MR) is 83.9 cm³/mol. The molecular weight excluding hydrogens is 296 g/mol. The van der Waals surface area contributed by atoms with Crippen molar-refractivity contribution in [2.75, 3.05) is 0 Å². The van der Waals surface area contributed by atoms with Gasteiger partial charge in [0, 0.05) is 18.4 Å². The zero-order valence-electron chi connectivity index (χ0n) is 12.2. The second kappa shape index (κ2) is 5.57. The van der Waals surface area contributed by atoms with Crippen LogP contribution in [0, 0.1) is 0 Å². The average molecular weight is 312 g/mol. The maximum Gasteiger partial charge on any atom is 0.169 e. The van der Waals surface area contributed by atoms with Gasteiger partial charge in [-0.1, -0.05) is 30.0 Å². The fraction of sp³-hybridized carbons (Fsp3) is 0.333. The molecule has 2 heterocycles. The number of rotatable bonds is 5. The van der Waals surface area contributed by atoms with Crippen LogP contribution in [0.15, 0.2) is 47.9 Å². The van der Waals surface area contributed by atoms with Crippen LogP contribution in [-0.2, 0) is 0 Å². The number of thioether (sulfide) groups is 1. The first-order valence-corrected chi connectivity index (χ1v) is 8.24. The van der Waals surface area contributed by atoms with E-state index in [1.54, 1.807) is 16.4 Å². The molecular formula is C15H16N6S. The Bertz CT molecular complexity index is 761. The van der Waals surface area contributed by atoms with Crippen LogP contribution in [0.1, 0.15) is 36.9 Å². The minimum absolute atomic E-state index is 0.120. The van der Waals surface area contributed by atoms with Crippen molar-refractivity contribution in [2.24, 2.45) is 0 Å². The third-order valence-corrected chi connectivity index (χ3v) is 4.80. The number of aromatic nitrogens is 6. The summed E-state index contributed by atoms with van der Waals surface area (Å²) in [6.07, 6.45) is 6.43. The molecule has 1 fully saturated rings. The van der Waals surface area contributed by atoms with Gasteiger partial charge in [-0.3, -0.25) is 0 Å². The number of nitrogens with zero attached hydrogens (tertiary/aromatic N) is 6. The van der Waals surface area contributed by atoms with Crippen molar-refractivity contribution in [3.8, 4) is 5.69 Å². The van der Waals surface area contributed by atoms with Crippen molar-refractivity contribution in [1.82, 2.24) is 29.8 Å². The Morgan fingerprint density at radius 1 is 1.23 bits per heavy atom. The molecule has 3 aromatic rings. The van der Waals surface area contributed by atoms with Crippen molar-refractivity contribution in [1.29, 1.82) is 0 Å². The van der Waals surface area contributed by atoms with Crippen molar-refractivity contribution in [3.05, 3.63) is 48.5 Å². The molecule has 1 atom stereocenters. The van der Waals surface area contributed by atoms with Gasteiger partial charge in [0.1, 0.15) is 0 Å². The van der Waals surface area contributed by atoms with Crippen LogP contribution in [-0.4, -0.2) is 29.8 Å². The molecule has 1 aromatic carbocycles. The molecule has 1 saturated carbocycles. The first kappa shape index (κ1) is 13.5. The van der Waals surface area contributed by atoms with Crippen LogP contribution in [0.2, 0.25) is 0 Å². The summed E-state index contributed by atoms with van der Waals surface area (Å²) in [5.41, 5.74) is 0.973. The van der Waals surface area contributed by atoms with Gasteiger partial charge in [-0.25, -0.2) is 4.98 Å². The Morgan fingerprint density at radius 3 is 2.82 bits per heavy atom. The van der Waals surface area contributed by atoms with Crippen LogP contribution in [0.3, 0.4) is 0 Å². The van der Waals surface area contributed by atoms with E-state index in [9.17, 15) is 0 Å². The van der Waals surface area contributed by atoms with Crippen molar-refractivity contribution in [3.63, 3.8) is 0 Å². The number of hydrogen-bond acceptors (Lipinski definition) is 5. The van der Waals surface area contributed by atoms with Crippen LogP contribution >= 0.6 is 11.8 Å². The van der Waals surface area contributed by atoms with E-state index < -0.39 is 0 Å². The molecule has 0 aliphatic heterocycles. The Labute approximate surface area is 132 Å². The quantitative estimate of drug-likeness (QED) is 0.678. The highest BCUT2D eigenvalue weighted by Crippen LogP contribution is 2.40. The maximum absolute atomic E-state index is 4.48. The van der Waals surface area contributed by atoms with E-state index in [1.807, 2.05) is 36.5 Å². The molecule has 22 heavy (non-hydrogen) atoms. The van der Waals surface area contributed by atoms with Crippen molar-refractivity contribution in [2.45, 2.75) is 36.2 Å². The van der Waals surface area contributed by atoms with E-state index in [-0.39, 0.29) is 5.25 Å². The van der Waals surface area contributed by atoms with Crippen LogP contribution < -0.4 is 0 Å². The maximum atomic E-state index is 4.48. The monoisotopic (exact) mass is 312 g/mol. The number of tetrazole rings is 1. The number of imidazole rings is 1. The van der Waals surface area contributed by atoms with Gasteiger partial charge in [-0.2, -0.15) is 4.68 Å². The predicted octanol–water partition coefficient (Wildman–Crippen LogP) is 3.05. The molecule has 0 amide bonds. The highest BCUT2D eigenvalue weighted by molar-refractivity contribution is 7.99. The summed E-state index contributed by atoms with van der Waals surface area (Å²) < 4.78 is 4.06. The summed E-state index contributed by atoms with van der Waals surface area (Å²) in [5, 5.41) is 13.3. The summed E-state index contributed by atoms with van der Waals surface area (Å²) in [7, 11) is 0. The summed E-state index contributed by atoms with van der Waals surface area (Å²) in [4.78, 5) is 4.48. The largest absolute Gasteiger partial charge is 0.323 e. The summed E-state index contributed by atoms with van der Waals surface area (Å²) >= 11 is 1.70. The highest BCUT2D eigenvalue weighted by atomic mass is 32.2. The summed E-state index contributed by atoms with van der Waals surface area (Å²) in [6.45, 7) is 2.11. The molecule has 4 rings (SSSR count). The molecule has 0 radical (unpaired) electrons. The minimum atomic E-state index is 0.120. The Kier molecular flexibility index (Phi) is 3.42. The Morgan fingerprint density at radius 2 is 2.05 bits per heavy atom. The first-order chi connectivity index (χ1) is 10.8. The lowest BCUT2D eigenvalue weighted by atomic mass is 10.3. The lowest BCUT2D eigenvalue weighted by molar-refractivity contribution is 0.660.